The van der Waals surface area contributed by atoms with Gasteiger partial charge in [0.25, 0.3) is 0 Å². The fourth-order valence-electron chi connectivity index (χ4n) is 4.41. The lowest BCUT2D eigenvalue weighted by molar-refractivity contribution is 0.0577. The largest absolute Gasteiger partial charge is 0.494 e. The third-order valence-corrected chi connectivity index (χ3v) is 5.88. The second-order valence-electron chi connectivity index (χ2n) is 9.32. The van der Waals surface area contributed by atoms with Crippen LogP contribution in [0, 0.1) is 5.82 Å². The highest BCUT2D eigenvalue weighted by Crippen LogP contribution is 2.32. The van der Waals surface area contributed by atoms with E-state index in [1.54, 1.807) is 30.9 Å². The number of methoxy groups -OCH3 is 1. The van der Waals surface area contributed by atoms with Gasteiger partial charge in [-0.2, -0.15) is 9.61 Å². The Hall–Kier alpha value is -3.54. The lowest BCUT2D eigenvalue weighted by atomic mass is 9.96. The van der Waals surface area contributed by atoms with Gasteiger partial charge in [-0.3, -0.25) is 4.68 Å². The molecule has 5 rings (SSSR count). The number of hydrogen-bond donors (Lipinski definition) is 2. The molecule has 1 aliphatic heterocycles. The number of aromatic nitrogens is 6. The fraction of sp³-hybridized carbons (Fsp3) is 0.455. The van der Waals surface area contributed by atoms with E-state index in [2.05, 4.69) is 20.2 Å². The molecule has 1 saturated heterocycles. The third-order valence-electron chi connectivity index (χ3n) is 5.88. The van der Waals surface area contributed by atoms with E-state index in [0.717, 1.165) is 5.69 Å². The quantitative estimate of drug-likeness (QED) is 0.454. The molecule has 0 aliphatic carbocycles. The van der Waals surface area contributed by atoms with Crippen LogP contribution in [0.1, 0.15) is 32.0 Å². The average molecular weight is 473 g/mol. The Morgan fingerprint density at radius 3 is 2.79 bits per heavy atom. The van der Waals surface area contributed by atoms with Crippen molar-refractivity contribution in [3.05, 3.63) is 36.2 Å². The highest BCUT2D eigenvalue weighted by Gasteiger charge is 2.32. The van der Waals surface area contributed by atoms with Crippen molar-refractivity contribution >= 4 is 28.2 Å². The molecule has 0 radical (unpaired) electrons. The van der Waals surface area contributed by atoms with Crippen LogP contribution in [0.4, 0.5) is 20.4 Å². The zero-order valence-electron chi connectivity index (χ0n) is 19.1. The number of ether oxygens (including phenoxy) is 1. The molecule has 1 fully saturated rings. The van der Waals surface area contributed by atoms with Crippen LogP contribution < -0.4 is 15.4 Å². The van der Waals surface area contributed by atoms with Gasteiger partial charge >= 0.3 is 0 Å². The second-order valence-corrected chi connectivity index (χ2v) is 9.32. The molecule has 0 bridgehead atoms. The van der Waals surface area contributed by atoms with Gasteiger partial charge in [-0.25, -0.2) is 18.7 Å². The number of hydrogen-bond acceptors (Lipinski definition) is 8. The Morgan fingerprint density at radius 2 is 2.06 bits per heavy atom. The minimum atomic E-state index is -1.10. The maximum atomic E-state index is 14.8. The van der Waals surface area contributed by atoms with Crippen molar-refractivity contribution in [3.8, 4) is 5.75 Å². The van der Waals surface area contributed by atoms with E-state index in [1.807, 2.05) is 4.90 Å². The van der Waals surface area contributed by atoms with E-state index in [9.17, 15) is 13.9 Å². The number of fused-ring (bicyclic) bond motifs is 3. The van der Waals surface area contributed by atoms with Gasteiger partial charge in [0.05, 0.1) is 36.7 Å². The lowest BCUT2D eigenvalue weighted by Gasteiger charge is -2.34. The number of halogens is 2. The number of rotatable bonds is 5. The molecule has 2 atom stereocenters. The molecule has 4 heterocycles. The van der Waals surface area contributed by atoms with Crippen molar-refractivity contribution in [2.45, 2.75) is 44.5 Å². The fourth-order valence-corrected chi connectivity index (χ4v) is 4.41. The molecule has 3 N–H and O–H groups in total. The molecule has 1 aliphatic rings. The highest BCUT2D eigenvalue weighted by molar-refractivity contribution is 5.93. The van der Waals surface area contributed by atoms with Gasteiger partial charge in [-0.1, -0.05) is 0 Å². The van der Waals surface area contributed by atoms with E-state index < -0.39 is 17.6 Å². The van der Waals surface area contributed by atoms with E-state index >= 15 is 0 Å². The summed E-state index contributed by atoms with van der Waals surface area (Å²) in [6.45, 7) is 4.40. The van der Waals surface area contributed by atoms with Gasteiger partial charge in [0.15, 0.2) is 23.0 Å². The predicted octanol–water partition coefficient (Wildman–Crippen LogP) is 2.31. The topological polar surface area (TPSA) is 120 Å². The van der Waals surface area contributed by atoms with Crippen LogP contribution in [0.2, 0.25) is 0 Å². The number of benzene rings is 1. The average Bonchev–Trinajstić information content (AvgIpc) is 3.40. The number of aliphatic hydroxyl groups is 1. The van der Waals surface area contributed by atoms with E-state index in [-0.39, 0.29) is 30.6 Å². The minimum absolute atomic E-state index is 0.0526. The number of nitrogen functional groups attached to an aromatic ring is 1. The number of nitrogens with two attached hydrogens (primary N) is 1. The van der Waals surface area contributed by atoms with Crippen LogP contribution in [0.25, 0.3) is 16.6 Å². The van der Waals surface area contributed by atoms with Gasteiger partial charge < -0.3 is 20.5 Å². The Balaban J connectivity index is 1.48. The molecule has 3 aromatic heterocycles. The van der Waals surface area contributed by atoms with Gasteiger partial charge in [0.2, 0.25) is 5.95 Å². The number of nitrogens with zero attached hydrogens (tertiary/aromatic N) is 7. The molecular weight excluding hydrogens is 446 g/mol. The molecular formula is C22H26F2N8O2. The molecule has 10 nitrogen and oxygen atoms in total. The van der Waals surface area contributed by atoms with Crippen LogP contribution in [-0.2, 0) is 6.54 Å². The first-order chi connectivity index (χ1) is 16.1. The van der Waals surface area contributed by atoms with Gasteiger partial charge in [-0.05, 0) is 26.3 Å². The third kappa shape index (κ3) is 4.09. The van der Waals surface area contributed by atoms with Crippen molar-refractivity contribution in [2.24, 2.45) is 0 Å². The van der Waals surface area contributed by atoms with Gasteiger partial charge in [0, 0.05) is 36.7 Å². The Morgan fingerprint density at radius 1 is 1.26 bits per heavy atom. The van der Waals surface area contributed by atoms with Crippen LogP contribution in [0.3, 0.4) is 0 Å². The molecule has 12 heteroatoms. The Kier molecular flexibility index (Phi) is 5.27. The molecule has 1 aromatic carbocycles. The first-order valence-electron chi connectivity index (χ1n) is 10.9. The van der Waals surface area contributed by atoms with Crippen molar-refractivity contribution < 1.29 is 18.6 Å². The maximum Gasteiger partial charge on any atom is 0.223 e. The maximum absolute atomic E-state index is 14.8. The molecule has 4 aromatic rings. The smallest absolute Gasteiger partial charge is 0.223 e. The van der Waals surface area contributed by atoms with Gasteiger partial charge in [0.1, 0.15) is 6.17 Å². The Labute approximate surface area is 194 Å². The monoisotopic (exact) mass is 472 g/mol. The summed E-state index contributed by atoms with van der Waals surface area (Å²) in [6.07, 6.45) is 2.59. The zero-order valence-corrected chi connectivity index (χ0v) is 19.1. The van der Waals surface area contributed by atoms with Crippen LogP contribution >= 0.6 is 0 Å². The highest BCUT2D eigenvalue weighted by atomic mass is 19.1. The number of anilines is 2. The molecule has 180 valence electrons. The SMILES string of the molecule is COc1cc2nc(N)n3nc([C@H]4C[C@H](F)CN(c5cnn(CC(C)(C)O)c5)C4)nc3c2cc1F. The van der Waals surface area contributed by atoms with Crippen molar-refractivity contribution in [1.82, 2.24) is 29.4 Å². The van der Waals surface area contributed by atoms with Crippen LogP contribution in [0.15, 0.2) is 24.5 Å². The minimum Gasteiger partial charge on any atom is -0.494 e. The molecule has 0 unspecified atom stereocenters. The molecule has 0 saturated carbocycles. The lowest BCUT2D eigenvalue weighted by Crippen LogP contribution is -2.41. The first kappa shape index (κ1) is 22.3. The predicted molar refractivity (Wildman–Crippen MR) is 122 cm³/mol. The summed E-state index contributed by atoms with van der Waals surface area (Å²) in [5, 5.41) is 19.3. The standard InChI is InChI=1S/C22H26F2N8O2/c1-22(2,33)11-31-10-14(7-26-31)30-8-12(4-13(23)9-30)19-28-20-15-5-16(24)18(34-3)6-17(15)27-21(25)32(20)29-19/h5-7,10,12-13,33H,4,8-9,11H2,1-3H3,(H2,25,27)/t12-,13-/m0/s1. The summed E-state index contributed by atoms with van der Waals surface area (Å²) in [7, 11) is 1.37. The van der Waals surface area contributed by atoms with Crippen molar-refractivity contribution in [3.63, 3.8) is 0 Å². The summed E-state index contributed by atoms with van der Waals surface area (Å²) < 4.78 is 37.2. The summed E-state index contributed by atoms with van der Waals surface area (Å²) in [5.74, 6) is -0.319. The van der Waals surface area contributed by atoms with E-state index in [0.29, 0.717) is 35.5 Å². The van der Waals surface area contributed by atoms with E-state index in [4.69, 9.17) is 10.5 Å². The van der Waals surface area contributed by atoms with E-state index in [1.165, 1.54) is 23.8 Å². The van der Waals surface area contributed by atoms with Crippen molar-refractivity contribution in [1.29, 1.82) is 0 Å². The molecule has 34 heavy (non-hydrogen) atoms. The summed E-state index contributed by atoms with van der Waals surface area (Å²) in [6, 6.07) is 2.75. The zero-order chi connectivity index (χ0) is 24.2. The van der Waals surface area contributed by atoms with Gasteiger partial charge in [-0.15, -0.1) is 5.10 Å². The summed E-state index contributed by atoms with van der Waals surface area (Å²) in [5.41, 5.74) is 6.70. The number of alkyl halides is 1. The first-order valence-corrected chi connectivity index (χ1v) is 10.9. The normalized spacial score (nSPS) is 19.3. The summed E-state index contributed by atoms with van der Waals surface area (Å²) in [4.78, 5) is 10.8. The number of piperidine rings is 1. The van der Waals surface area contributed by atoms with Crippen LogP contribution in [0.5, 0.6) is 5.75 Å². The second kappa shape index (κ2) is 8.05. The van der Waals surface area contributed by atoms with Crippen LogP contribution in [-0.4, -0.2) is 66.4 Å². The Bertz CT molecular complexity index is 1360. The van der Waals surface area contributed by atoms with Crippen molar-refractivity contribution in [2.75, 3.05) is 30.8 Å². The molecule has 0 spiro atoms. The molecule has 0 amide bonds. The summed E-state index contributed by atoms with van der Waals surface area (Å²) >= 11 is 0.